The van der Waals surface area contributed by atoms with Gasteiger partial charge in [-0.2, -0.15) is 0 Å². The average Bonchev–Trinajstić information content (AvgIpc) is 2.88. The van der Waals surface area contributed by atoms with Crippen molar-refractivity contribution in [3.8, 4) is 5.75 Å². The highest BCUT2D eigenvalue weighted by molar-refractivity contribution is 6.04. The quantitative estimate of drug-likeness (QED) is 0.614. The van der Waals surface area contributed by atoms with Gasteiger partial charge in [-0.05, 0) is 44.4 Å². The van der Waals surface area contributed by atoms with Gasteiger partial charge in [-0.3, -0.25) is 9.59 Å². The lowest BCUT2D eigenvalue weighted by molar-refractivity contribution is -0.141. The zero-order valence-electron chi connectivity index (χ0n) is 15.6. The number of carbonyl (C=O) groups is 2. The predicted octanol–water partition coefficient (Wildman–Crippen LogP) is 3.18. The Hall–Kier alpha value is -2.04. The second-order valence-corrected chi connectivity index (χ2v) is 7.32. The molecule has 2 amide bonds. The SMILES string of the molecule is COc1ccc(CNC(=O)C(C)(C)C(=O)NC2CCCCCC2)cc1. The minimum absolute atomic E-state index is 0.188. The Morgan fingerprint density at radius 2 is 1.64 bits per heavy atom. The van der Waals surface area contributed by atoms with E-state index in [2.05, 4.69) is 10.6 Å². The van der Waals surface area contributed by atoms with E-state index in [9.17, 15) is 9.59 Å². The van der Waals surface area contributed by atoms with E-state index in [1.807, 2.05) is 24.3 Å². The normalized spacial score (nSPS) is 16.0. The molecule has 1 aromatic rings. The molecule has 2 rings (SSSR count). The van der Waals surface area contributed by atoms with Crippen LogP contribution in [0.5, 0.6) is 5.75 Å². The van der Waals surface area contributed by atoms with Gasteiger partial charge in [-0.1, -0.05) is 37.8 Å². The van der Waals surface area contributed by atoms with Gasteiger partial charge in [0, 0.05) is 12.6 Å². The summed E-state index contributed by atoms with van der Waals surface area (Å²) in [6, 6.07) is 7.70. The first-order valence-corrected chi connectivity index (χ1v) is 9.15. The van der Waals surface area contributed by atoms with Crippen LogP contribution in [0.1, 0.15) is 57.9 Å². The molecule has 2 N–H and O–H groups in total. The Morgan fingerprint density at radius 3 is 2.20 bits per heavy atom. The number of rotatable bonds is 6. The monoisotopic (exact) mass is 346 g/mol. The minimum Gasteiger partial charge on any atom is -0.497 e. The zero-order valence-corrected chi connectivity index (χ0v) is 15.6. The van der Waals surface area contributed by atoms with E-state index in [0.29, 0.717) is 6.54 Å². The Labute approximate surface area is 150 Å². The summed E-state index contributed by atoms with van der Waals surface area (Å²) >= 11 is 0. The summed E-state index contributed by atoms with van der Waals surface area (Å²) in [5.41, 5.74) is -0.118. The van der Waals surface area contributed by atoms with Crippen LogP contribution in [0.3, 0.4) is 0 Å². The van der Waals surface area contributed by atoms with Gasteiger partial charge < -0.3 is 15.4 Å². The summed E-state index contributed by atoms with van der Waals surface area (Å²) in [6.45, 7) is 3.76. The fourth-order valence-electron chi connectivity index (χ4n) is 3.04. The van der Waals surface area contributed by atoms with Gasteiger partial charge in [0.25, 0.3) is 0 Å². The van der Waals surface area contributed by atoms with E-state index in [4.69, 9.17) is 4.74 Å². The van der Waals surface area contributed by atoms with Crippen LogP contribution in [-0.2, 0) is 16.1 Å². The topological polar surface area (TPSA) is 67.4 Å². The first-order valence-electron chi connectivity index (χ1n) is 9.15. The molecule has 25 heavy (non-hydrogen) atoms. The highest BCUT2D eigenvalue weighted by Crippen LogP contribution is 2.21. The average molecular weight is 346 g/mol. The van der Waals surface area contributed by atoms with Crippen LogP contribution < -0.4 is 15.4 Å². The standard InChI is InChI=1S/C20H30N2O3/c1-20(2,19(24)22-16-8-6-4-5-7-9-16)18(23)21-14-15-10-12-17(25-3)13-11-15/h10-13,16H,4-9,14H2,1-3H3,(H,21,23)(H,22,24). The van der Waals surface area contributed by atoms with Crippen LogP contribution in [0.2, 0.25) is 0 Å². The smallest absolute Gasteiger partial charge is 0.235 e. The number of carbonyl (C=O) groups excluding carboxylic acids is 2. The first kappa shape index (κ1) is 19.3. The molecule has 0 saturated heterocycles. The molecule has 0 aliphatic heterocycles. The Kier molecular flexibility index (Phi) is 6.85. The zero-order chi connectivity index (χ0) is 18.3. The molecule has 1 aliphatic carbocycles. The molecule has 1 aliphatic rings. The maximum atomic E-state index is 12.6. The van der Waals surface area contributed by atoms with Crippen LogP contribution in [0, 0.1) is 5.41 Å². The third-order valence-corrected chi connectivity index (χ3v) is 4.94. The minimum atomic E-state index is -1.08. The van der Waals surface area contributed by atoms with Crippen LogP contribution in [-0.4, -0.2) is 25.0 Å². The number of nitrogens with one attached hydrogen (secondary N) is 2. The van der Waals surface area contributed by atoms with Gasteiger partial charge in [0.05, 0.1) is 7.11 Å². The van der Waals surface area contributed by atoms with Gasteiger partial charge in [0.2, 0.25) is 11.8 Å². The molecule has 0 radical (unpaired) electrons. The van der Waals surface area contributed by atoms with E-state index in [-0.39, 0.29) is 17.9 Å². The van der Waals surface area contributed by atoms with E-state index in [1.165, 1.54) is 12.8 Å². The van der Waals surface area contributed by atoms with Crippen molar-refractivity contribution < 1.29 is 14.3 Å². The maximum absolute atomic E-state index is 12.6. The summed E-state index contributed by atoms with van der Waals surface area (Å²) in [5.74, 6) is 0.333. The molecule has 1 fully saturated rings. The Morgan fingerprint density at radius 1 is 1.04 bits per heavy atom. The van der Waals surface area contributed by atoms with Crippen LogP contribution in [0.25, 0.3) is 0 Å². The number of hydrogen-bond donors (Lipinski definition) is 2. The fraction of sp³-hybridized carbons (Fsp3) is 0.600. The summed E-state index contributed by atoms with van der Waals surface area (Å²) in [7, 11) is 1.62. The highest BCUT2D eigenvalue weighted by Gasteiger charge is 2.36. The molecule has 138 valence electrons. The molecule has 0 spiro atoms. The largest absolute Gasteiger partial charge is 0.497 e. The predicted molar refractivity (Wildman–Crippen MR) is 98.3 cm³/mol. The van der Waals surface area contributed by atoms with Crippen molar-refractivity contribution in [2.75, 3.05) is 7.11 Å². The number of methoxy groups -OCH3 is 1. The highest BCUT2D eigenvalue weighted by atomic mass is 16.5. The number of benzene rings is 1. The number of hydrogen-bond acceptors (Lipinski definition) is 3. The van der Waals surface area contributed by atoms with Crippen molar-refractivity contribution in [2.45, 2.75) is 65.0 Å². The maximum Gasteiger partial charge on any atom is 0.235 e. The summed E-state index contributed by atoms with van der Waals surface area (Å²) < 4.78 is 5.12. The first-order chi connectivity index (χ1) is 11.9. The Bertz CT molecular complexity index is 573. The molecule has 5 nitrogen and oxygen atoms in total. The van der Waals surface area contributed by atoms with Crippen molar-refractivity contribution >= 4 is 11.8 Å². The van der Waals surface area contributed by atoms with Crippen molar-refractivity contribution in [3.63, 3.8) is 0 Å². The van der Waals surface area contributed by atoms with Crippen LogP contribution in [0.4, 0.5) is 0 Å². The van der Waals surface area contributed by atoms with Crippen molar-refractivity contribution in [1.82, 2.24) is 10.6 Å². The van der Waals surface area contributed by atoms with Crippen LogP contribution in [0.15, 0.2) is 24.3 Å². The second kappa shape index (κ2) is 8.88. The molecule has 0 unspecified atom stereocenters. The lowest BCUT2D eigenvalue weighted by Gasteiger charge is -2.26. The van der Waals surface area contributed by atoms with Gasteiger partial charge >= 0.3 is 0 Å². The molecule has 0 aromatic heterocycles. The molecule has 5 heteroatoms. The van der Waals surface area contributed by atoms with Crippen LogP contribution >= 0.6 is 0 Å². The third-order valence-electron chi connectivity index (χ3n) is 4.94. The van der Waals surface area contributed by atoms with Gasteiger partial charge in [-0.15, -0.1) is 0 Å². The molecular formula is C20H30N2O3. The van der Waals surface area contributed by atoms with E-state index >= 15 is 0 Å². The summed E-state index contributed by atoms with van der Waals surface area (Å²) in [5, 5.41) is 5.94. The van der Waals surface area contributed by atoms with Crippen molar-refractivity contribution in [1.29, 1.82) is 0 Å². The van der Waals surface area contributed by atoms with Gasteiger partial charge in [0.1, 0.15) is 11.2 Å². The summed E-state index contributed by atoms with van der Waals surface area (Å²) in [6.07, 6.45) is 6.78. The molecule has 1 saturated carbocycles. The Balaban J connectivity index is 1.87. The van der Waals surface area contributed by atoms with E-state index < -0.39 is 5.41 Å². The molecular weight excluding hydrogens is 316 g/mol. The van der Waals surface area contributed by atoms with Gasteiger partial charge in [0.15, 0.2) is 0 Å². The molecule has 1 aromatic carbocycles. The molecule has 0 heterocycles. The van der Waals surface area contributed by atoms with Crippen molar-refractivity contribution in [2.24, 2.45) is 5.41 Å². The fourth-order valence-corrected chi connectivity index (χ4v) is 3.04. The van der Waals surface area contributed by atoms with Crippen molar-refractivity contribution in [3.05, 3.63) is 29.8 Å². The van der Waals surface area contributed by atoms with Gasteiger partial charge in [-0.25, -0.2) is 0 Å². The lowest BCUT2D eigenvalue weighted by atomic mass is 9.90. The second-order valence-electron chi connectivity index (χ2n) is 7.32. The molecule has 0 bridgehead atoms. The lowest BCUT2D eigenvalue weighted by Crippen LogP contribution is -2.50. The third kappa shape index (κ3) is 5.48. The number of ether oxygens (including phenoxy) is 1. The molecule has 0 atom stereocenters. The van der Waals surface area contributed by atoms with E-state index in [1.54, 1.807) is 21.0 Å². The summed E-state index contributed by atoms with van der Waals surface area (Å²) in [4.78, 5) is 25.1. The van der Waals surface area contributed by atoms with E-state index in [0.717, 1.165) is 37.0 Å². The number of amides is 2.